The largest absolute Gasteiger partial charge is 0.326 e. The molecule has 0 radical (unpaired) electrons. The molecule has 1 aromatic heterocycles. The van der Waals surface area contributed by atoms with Crippen molar-refractivity contribution in [2.75, 3.05) is 6.54 Å². The van der Waals surface area contributed by atoms with E-state index >= 15 is 0 Å². The maximum atomic E-state index is 6.38. The molecule has 2 heterocycles. The maximum Gasteiger partial charge on any atom is 0.123 e. The highest BCUT2D eigenvalue weighted by Crippen LogP contribution is 2.31. The highest BCUT2D eigenvalue weighted by Gasteiger charge is 2.17. The first-order chi connectivity index (χ1) is 8.66. The van der Waals surface area contributed by atoms with Crippen molar-refractivity contribution in [3.05, 3.63) is 40.3 Å². The van der Waals surface area contributed by atoms with Crippen LogP contribution < -0.4 is 5.32 Å². The van der Waals surface area contributed by atoms with Crippen LogP contribution in [-0.2, 0) is 13.1 Å². The van der Waals surface area contributed by atoms with E-state index in [2.05, 4.69) is 34.8 Å². The van der Waals surface area contributed by atoms with E-state index in [1.165, 1.54) is 11.1 Å². The molecule has 1 aliphatic heterocycles. The molecule has 18 heavy (non-hydrogen) atoms. The second-order valence-corrected chi connectivity index (χ2v) is 5.21. The average Bonchev–Trinajstić information content (AvgIpc) is 2.78. The molecule has 1 aromatic carbocycles. The third kappa shape index (κ3) is 1.84. The van der Waals surface area contributed by atoms with Gasteiger partial charge >= 0.3 is 0 Å². The van der Waals surface area contributed by atoms with Crippen LogP contribution in [0.15, 0.2) is 18.3 Å². The molecule has 3 nitrogen and oxygen atoms in total. The summed E-state index contributed by atoms with van der Waals surface area (Å²) in [6.07, 6.45) is 1.93. The number of fused-ring (bicyclic) bond motifs is 1. The van der Waals surface area contributed by atoms with Gasteiger partial charge in [0.2, 0.25) is 0 Å². The molecule has 0 fully saturated rings. The van der Waals surface area contributed by atoms with Gasteiger partial charge in [-0.15, -0.1) is 0 Å². The fourth-order valence-corrected chi connectivity index (χ4v) is 2.70. The summed E-state index contributed by atoms with van der Waals surface area (Å²) in [5, 5.41) is 4.13. The minimum absolute atomic E-state index is 0.805. The lowest BCUT2D eigenvalue weighted by atomic mass is 10.0. The number of hydrogen-bond acceptors (Lipinski definition) is 2. The molecule has 1 N–H and O–H groups in total. The Morgan fingerprint density at radius 2 is 2.06 bits per heavy atom. The third-order valence-electron chi connectivity index (χ3n) is 3.59. The van der Waals surface area contributed by atoms with Gasteiger partial charge < -0.3 is 9.88 Å². The molecule has 94 valence electrons. The molecule has 3 rings (SSSR count). The molecule has 0 saturated heterocycles. The van der Waals surface area contributed by atoms with Gasteiger partial charge in [0.15, 0.2) is 0 Å². The van der Waals surface area contributed by atoms with Crippen molar-refractivity contribution in [1.29, 1.82) is 0 Å². The molecule has 0 amide bonds. The third-order valence-corrected chi connectivity index (χ3v) is 3.91. The Bertz CT molecular complexity index is 601. The van der Waals surface area contributed by atoms with E-state index in [4.69, 9.17) is 11.6 Å². The van der Waals surface area contributed by atoms with Crippen molar-refractivity contribution in [1.82, 2.24) is 14.9 Å². The summed E-state index contributed by atoms with van der Waals surface area (Å²) in [5.41, 5.74) is 4.70. The van der Waals surface area contributed by atoms with Gasteiger partial charge in [-0.3, -0.25) is 0 Å². The minimum atomic E-state index is 0.805. The van der Waals surface area contributed by atoms with Crippen LogP contribution in [0.3, 0.4) is 0 Å². The van der Waals surface area contributed by atoms with Crippen molar-refractivity contribution in [2.24, 2.45) is 0 Å². The zero-order valence-corrected chi connectivity index (χ0v) is 11.4. The normalized spacial score (nSPS) is 14.6. The van der Waals surface area contributed by atoms with Gasteiger partial charge in [-0.1, -0.05) is 11.6 Å². The van der Waals surface area contributed by atoms with Gasteiger partial charge in [-0.2, -0.15) is 0 Å². The molecule has 0 saturated carbocycles. The molecule has 0 unspecified atom stereocenters. The van der Waals surface area contributed by atoms with Crippen LogP contribution in [0.2, 0.25) is 5.02 Å². The topological polar surface area (TPSA) is 29.9 Å². The molecule has 0 aliphatic carbocycles. The molecular formula is C14H16ClN3. The van der Waals surface area contributed by atoms with Crippen molar-refractivity contribution in [3.8, 4) is 11.3 Å². The van der Waals surface area contributed by atoms with Crippen LogP contribution in [-0.4, -0.2) is 16.1 Å². The lowest BCUT2D eigenvalue weighted by Gasteiger charge is -2.18. The second-order valence-electron chi connectivity index (χ2n) is 4.80. The summed E-state index contributed by atoms with van der Waals surface area (Å²) < 4.78 is 2.26. The van der Waals surface area contributed by atoms with Crippen molar-refractivity contribution < 1.29 is 0 Å². The van der Waals surface area contributed by atoms with E-state index in [0.717, 1.165) is 41.7 Å². The smallest absolute Gasteiger partial charge is 0.123 e. The van der Waals surface area contributed by atoms with Gasteiger partial charge in [0.05, 0.1) is 23.5 Å². The Balaban J connectivity index is 2.15. The first-order valence-electron chi connectivity index (χ1n) is 6.19. The predicted molar refractivity (Wildman–Crippen MR) is 73.9 cm³/mol. The zero-order chi connectivity index (χ0) is 12.7. The molecule has 2 aromatic rings. The van der Waals surface area contributed by atoms with Crippen LogP contribution in [0.25, 0.3) is 11.3 Å². The monoisotopic (exact) mass is 261 g/mol. The summed E-state index contributed by atoms with van der Waals surface area (Å²) in [7, 11) is 0. The molecular weight excluding hydrogens is 246 g/mol. The van der Waals surface area contributed by atoms with E-state index in [-0.39, 0.29) is 0 Å². The van der Waals surface area contributed by atoms with E-state index in [1.807, 2.05) is 12.3 Å². The summed E-state index contributed by atoms with van der Waals surface area (Å²) in [5.74, 6) is 1.09. The predicted octanol–water partition coefficient (Wildman–Crippen LogP) is 2.92. The van der Waals surface area contributed by atoms with Gasteiger partial charge in [-0.05, 0) is 37.1 Å². The molecule has 0 atom stereocenters. The first-order valence-corrected chi connectivity index (χ1v) is 6.57. The maximum absolute atomic E-state index is 6.38. The Kier molecular flexibility index (Phi) is 2.88. The second kappa shape index (κ2) is 4.41. The van der Waals surface area contributed by atoms with Crippen LogP contribution >= 0.6 is 11.6 Å². The number of nitrogens with zero attached hydrogens (tertiary/aromatic N) is 2. The van der Waals surface area contributed by atoms with E-state index in [1.54, 1.807) is 0 Å². The Morgan fingerprint density at radius 3 is 2.89 bits per heavy atom. The zero-order valence-electron chi connectivity index (χ0n) is 10.6. The summed E-state index contributed by atoms with van der Waals surface area (Å²) in [6.45, 7) is 6.97. The molecule has 1 aliphatic rings. The fraction of sp³-hybridized carbons (Fsp3) is 0.357. The lowest BCUT2D eigenvalue weighted by molar-refractivity contribution is 0.508. The number of nitrogens with one attached hydrogen (secondary N) is 1. The summed E-state index contributed by atoms with van der Waals surface area (Å²) >= 11 is 6.38. The average molecular weight is 262 g/mol. The highest BCUT2D eigenvalue weighted by molar-refractivity contribution is 6.33. The number of hydrogen-bond donors (Lipinski definition) is 1. The van der Waals surface area contributed by atoms with E-state index in [9.17, 15) is 0 Å². The van der Waals surface area contributed by atoms with Crippen molar-refractivity contribution in [3.63, 3.8) is 0 Å². The minimum Gasteiger partial charge on any atom is -0.326 e. The van der Waals surface area contributed by atoms with Gasteiger partial charge in [0.25, 0.3) is 0 Å². The van der Waals surface area contributed by atoms with Gasteiger partial charge in [0, 0.05) is 18.7 Å². The van der Waals surface area contributed by atoms with Gasteiger partial charge in [0.1, 0.15) is 5.82 Å². The Hall–Kier alpha value is -1.32. The Morgan fingerprint density at radius 1 is 1.28 bits per heavy atom. The standard InChI is InChI=1S/C14H16ClN3/c1-9-5-11(12(15)6-10(9)2)13-7-17-14-8-16-3-4-18(13)14/h5-7,16H,3-4,8H2,1-2H3. The van der Waals surface area contributed by atoms with E-state index in [0.29, 0.717) is 0 Å². The van der Waals surface area contributed by atoms with Crippen LogP contribution in [0.1, 0.15) is 17.0 Å². The van der Waals surface area contributed by atoms with Gasteiger partial charge in [-0.25, -0.2) is 4.98 Å². The van der Waals surface area contributed by atoms with Crippen LogP contribution in [0, 0.1) is 13.8 Å². The molecule has 0 spiro atoms. The fourth-order valence-electron chi connectivity index (χ4n) is 2.39. The van der Waals surface area contributed by atoms with Crippen molar-refractivity contribution in [2.45, 2.75) is 26.9 Å². The SMILES string of the molecule is Cc1cc(Cl)c(-c2cnc3n2CCNC3)cc1C. The summed E-state index contributed by atoms with van der Waals surface area (Å²) in [4.78, 5) is 4.47. The first kappa shape index (κ1) is 11.8. The van der Waals surface area contributed by atoms with Crippen LogP contribution in [0.4, 0.5) is 0 Å². The van der Waals surface area contributed by atoms with Crippen LogP contribution in [0.5, 0.6) is 0 Å². The summed E-state index contributed by atoms with van der Waals surface area (Å²) in [6, 6.07) is 4.19. The van der Waals surface area contributed by atoms with Crippen molar-refractivity contribution >= 4 is 11.6 Å². The van der Waals surface area contributed by atoms with E-state index < -0.39 is 0 Å². The number of aryl methyl sites for hydroxylation is 2. The number of imidazole rings is 1. The Labute approximate surface area is 112 Å². The molecule has 0 bridgehead atoms. The number of aromatic nitrogens is 2. The highest BCUT2D eigenvalue weighted by atomic mass is 35.5. The number of rotatable bonds is 1. The lowest BCUT2D eigenvalue weighted by Crippen LogP contribution is -2.28. The number of halogens is 1. The quantitative estimate of drug-likeness (QED) is 0.855. The molecule has 4 heteroatoms. The number of benzene rings is 1.